The maximum Gasteiger partial charge on any atom is 0.157 e. The fourth-order valence-electron chi connectivity index (χ4n) is 3.59. The third kappa shape index (κ3) is 3.37. The Hall–Kier alpha value is -2.40. The summed E-state index contributed by atoms with van der Waals surface area (Å²) in [7, 11) is 1.66. The standard InChI is InChI=1S/C20H21FN2O2/c1-24-18-8-4-16(5-9-18)19-12-20(25-22-19)10-11-23(14-20)13-15-2-6-17(21)7-3-15/h2-9H,10-14H2,1H3. The van der Waals surface area contributed by atoms with E-state index in [0.29, 0.717) is 0 Å². The molecule has 1 spiro atoms. The largest absolute Gasteiger partial charge is 0.497 e. The van der Waals surface area contributed by atoms with E-state index < -0.39 is 0 Å². The second kappa shape index (κ2) is 6.48. The minimum absolute atomic E-state index is 0.196. The summed E-state index contributed by atoms with van der Waals surface area (Å²) in [5.41, 5.74) is 2.96. The highest BCUT2D eigenvalue weighted by Crippen LogP contribution is 2.36. The first-order chi connectivity index (χ1) is 12.2. The average molecular weight is 340 g/mol. The number of benzene rings is 2. The van der Waals surface area contributed by atoms with Crippen LogP contribution in [-0.2, 0) is 11.4 Å². The van der Waals surface area contributed by atoms with Crippen molar-refractivity contribution in [2.45, 2.75) is 25.0 Å². The molecule has 2 aromatic carbocycles. The molecule has 130 valence electrons. The summed E-state index contributed by atoms with van der Waals surface area (Å²) in [5, 5.41) is 4.35. The van der Waals surface area contributed by atoms with Crippen molar-refractivity contribution in [1.29, 1.82) is 0 Å². The number of rotatable bonds is 4. The molecule has 2 heterocycles. The van der Waals surface area contributed by atoms with Crippen LogP contribution in [0.5, 0.6) is 5.75 Å². The van der Waals surface area contributed by atoms with Gasteiger partial charge >= 0.3 is 0 Å². The molecular formula is C20H21FN2O2. The van der Waals surface area contributed by atoms with Crippen molar-refractivity contribution < 1.29 is 14.0 Å². The molecule has 0 bridgehead atoms. The number of hydrogen-bond donors (Lipinski definition) is 0. The van der Waals surface area contributed by atoms with E-state index in [9.17, 15) is 4.39 Å². The van der Waals surface area contributed by atoms with Gasteiger partial charge in [0.15, 0.2) is 5.60 Å². The molecule has 0 N–H and O–H groups in total. The molecule has 1 fully saturated rings. The van der Waals surface area contributed by atoms with Crippen molar-refractivity contribution in [3.8, 4) is 5.75 Å². The Morgan fingerprint density at radius 1 is 1.16 bits per heavy atom. The van der Waals surface area contributed by atoms with Crippen molar-refractivity contribution in [2.24, 2.45) is 5.16 Å². The van der Waals surface area contributed by atoms with Crippen LogP contribution in [0.2, 0.25) is 0 Å². The first kappa shape index (κ1) is 16.1. The Bertz CT molecular complexity index is 773. The van der Waals surface area contributed by atoms with Crippen molar-refractivity contribution in [1.82, 2.24) is 4.90 Å². The molecule has 4 nitrogen and oxygen atoms in total. The van der Waals surface area contributed by atoms with Gasteiger partial charge in [0.25, 0.3) is 0 Å². The zero-order valence-corrected chi connectivity index (χ0v) is 14.2. The third-order valence-electron chi connectivity index (χ3n) is 4.98. The molecular weight excluding hydrogens is 319 g/mol. The molecule has 4 rings (SSSR count). The van der Waals surface area contributed by atoms with E-state index in [0.717, 1.165) is 55.1 Å². The summed E-state index contributed by atoms with van der Waals surface area (Å²) >= 11 is 0. The van der Waals surface area contributed by atoms with E-state index in [-0.39, 0.29) is 11.4 Å². The number of halogens is 1. The number of ether oxygens (including phenoxy) is 1. The number of oxime groups is 1. The van der Waals surface area contributed by atoms with Crippen LogP contribution in [0.4, 0.5) is 4.39 Å². The van der Waals surface area contributed by atoms with Gasteiger partial charge in [-0.3, -0.25) is 4.90 Å². The fraction of sp³-hybridized carbons (Fsp3) is 0.350. The summed E-state index contributed by atoms with van der Waals surface area (Å²) in [6.45, 7) is 2.61. The van der Waals surface area contributed by atoms with E-state index in [1.807, 2.05) is 36.4 Å². The zero-order chi connectivity index (χ0) is 17.3. The molecule has 2 aliphatic heterocycles. The lowest BCUT2D eigenvalue weighted by molar-refractivity contribution is -0.0104. The number of nitrogens with zero attached hydrogens (tertiary/aromatic N) is 2. The maximum absolute atomic E-state index is 13.0. The normalized spacial score (nSPS) is 22.9. The minimum Gasteiger partial charge on any atom is -0.497 e. The monoisotopic (exact) mass is 340 g/mol. The summed E-state index contributed by atoms with van der Waals surface area (Å²) in [6, 6.07) is 14.6. The van der Waals surface area contributed by atoms with Crippen LogP contribution in [0.3, 0.4) is 0 Å². The van der Waals surface area contributed by atoms with Crippen LogP contribution in [0.1, 0.15) is 24.0 Å². The summed E-state index contributed by atoms with van der Waals surface area (Å²) in [4.78, 5) is 8.21. The number of hydrogen-bond acceptors (Lipinski definition) is 4. The average Bonchev–Trinajstić information content (AvgIpc) is 3.24. The minimum atomic E-state index is -0.227. The molecule has 0 aliphatic carbocycles. The van der Waals surface area contributed by atoms with Gasteiger partial charge in [0.05, 0.1) is 12.8 Å². The molecule has 2 aromatic rings. The topological polar surface area (TPSA) is 34.1 Å². The van der Waals surface area contributed by atoms with Gasteiger partial charge in [-0.05, 0) is 47.5 Å². The lowest BCUT2D eigenvalue weighted by Crippen LogP contribution is -2.33. The van der Waals surface area contributed by atoms with Gasteiger partial charge < -0.3 is 9.57 Å². The van der Waals surface area contributed by atoms with Gasteiger partial charge in [-0.1, -0.05) is 17.3 Å². The summed E-state index contributed by atoms with van der Waals surface area (Å²) in [6.07, 6.45) is 1.77. The van der Waals surface area contributed by atoms with Gasteiger partial charge in [-0.2, -0.15) is 0 Å². The lowest BCUT2D eigenvalue weighted by atomic mass is 9.93. The highest BCUT2D eigenvalue weighted by atomic mass is 19.1. The maximum atomic E-state index is 13.0. The molecule has 1 unspecified atom stereocenters. The predicted molar refractivity (Wildman–Crippen MR) is 94.3 cm³/mol. The summed E-state index contributed by atoms with van der Waals surface area (Å²) in [5.74, 6) is 0.641. The van der Waals surface area contributed by atoms with Gasteiger partial charge in [-0.15, -0.1) is 0 Å². The van der Waals surface area contributed by atoms with E-state index in [4.69, 9.17) is 9.57 Å². The number of likely N-dealkylation sites (tertiary alicyclic amines) is 1. The Balaban J connectivity index is 1.39. The Morgan fingerprint density at radius 3 is 2.64 bits per heavy atom. The Morgan fingerprint density at radius 2 is 1.92 bits per heavy atom. The van der Waals surface area contributed by atoms with Crippen LogP contribution in [0, 0.1) is 5.82 Å². The first-order valence-electron chi connectivity index (χ1n) is 8.52. The molecule has 2 aliphatic rings. The van der Waals surface area contributed by atoms with E-state index in [1.165, 1.54) is 12.1 Å². The van der Waals surface area contributed by atoms with Crippen molar-refractivity contribution in [2.75, 3.05) is 20.2 Å². The second-order valence-corrected chi connectivity index (χ2v) is 6.80. The smallest absolute Gasteiger partial charge is 0.157 e. The molecule has 0 amide bonds. The molecule has 1 atom stereocenters. The van der Waals surface area contributed by atoms with Gasteiger partial charge in [0, 0.05) is 32.5 Å². The second-order valence-electron chi connectivity index (χ2n) is 6.80. The highest BCUT2D eigenvalue weighted by Gasteiger charge is 2.45. The van der Waals surface area contributed by atoms with Crippen LogP contribution >= 0.6 is 0 Å². The molecule has 1 saturated heterocycles. The molecule has 0 aromatic heterocycles. The highest BCUT2D eigenvalue weighted by molar-refractivity contribution is 6.01. The van der Waals surface area contributed by atoms with Crippen LogP contribution in [0.15, 0.2) is 53.7 Å². The van der Waals surface area contributed by atoms with Crippen LogP contribution < -0.4 is 4.74 Å². The predicted octanol–water partition coefficient (Wildman–Crippen LogP) is 3.60. The number of methoxy groups -OCH3 is 1. The van der Waals surface area contributed by atoms with Gasteiger partial charge in [0.1, 0.15) is 11.6 Å². The van der Waals surface area contributed by atoms with Crippen molar-refractivity contribution >= 4 is 5.71 Å². The van der Waals surface area contributed by atoms with E-state index in [1.54, 1.807) is 7.11 Å². The first-order valence-corrected chi connectivity index (χ1v) is 8.52. The van der Waals surface area contributed by atoms with Crippen LogP contribution in [-0.4, -0.2) is 36.4 Å². The van der Waals surface area contributed by atoms with Gasteiger partial charge in [-0.25, -0.2) is 4.39 Å². The molecule has 5 heteroatoms. The summed E-state index contributed by atoms with van der Waals surface area (Å²) < 4.78 is 18.2. The quantitative estimate of drug-likeness (QED) is 0.853. The molecule has 0 saturated carbocycles. The van der Waals surface area contributed by atoms with E-state index >= 15 is 0 Å². The van der Waals surface area contributed by atoms with Crippen LogP contribution in [0.25, 0.3) is 0 Å². The van der Waals surface area contributed by atoms with Crippen molar-refractivity contribution in [3.05, 3.63) is 65.5 Å². The van der Waals surface area contributed by atoms with Crippen molar-refractivity contribution in [3.63, 3.8) is 0 Å². The zero-order valence-electron chi connectivity index (χ0n) is 14.2. The third-order valence-corrected chi connectivity index (χ3v) is 4.98. The van der Waals surface area contributed by atoms with E-state index in [2.05, 4.69) is 10.1 Å². The SMILES string of the molecule is COc1ccc(C2=NOC3(CCN(Cc4ccc(F)cc4)C3)C2)cc1. The Kier molecular flexibility index (Phi) is 4.17. The lowest BCUT2D eigenvalue weighted by Gasteiger charge is -2.21. The molecule has 0 radical (unpaired) electrons. The fourth-order valence-corrected chi connectivity index (χ4v) is 3.59. The van der Waals surface area contributed by atoms with Gasteiger partial charge in [0.2, 0.25) is 0 Å². The molecule has 25 heavy (non-hydrogen) atoms. The Labute approximate surface area is 146 Å².